The molecule has 114 valence electrons. The molecule has 22 heavy (non-hydrogen) atoms. The van der Waals surface area contributed by atoms with Gasteiger partial charge in [-0.2, -0.15) is 5.10 Å². The Kier molecular flexibility index (Phi) is 5.55. The molecule has 0 heterocycles. The van der Waals surface area contributed by atoms with Crippen LogP contribution in [0.15, 0.2) is 53.6 Å². The summed E-state index contributed by atoms with van der Waals surface area (Å²) in [7, 11) is 0. The molecule has 2 rings (SSSR count). The number of nitrogens with one attached hydrogen (secondary N) is 2. The van der Waals surface area contributed by atoms with E-state index in [1.54, 1.807) is 31.2 Å². The van der Waals surface area contributed by atoms with E-state index in [2.05, 4.69) is 15.8 Å². The van der Waals surface area contributed by atoms with Crippen LogP contribution in [0.5, 0.6) is 0 Å². The van der Waals surface area contributed by atoms with Crippen molar-refractivity contribution in [3.63, 3.8) is 0 Å². The Morgan fingerprint density at radius 2 is 1.55 bits per heavy atom. The number of hydrazone groups is 1. The van der Waals surface area contributed by atoms with E-state index in [1.807, 2.05) is 0 Å². The van der Waals surface area contributed by atoms with Gasteiger partial charge in [0, 0.05) is 6.54 Å². The van der Waals surface area contributed by atoms with Gasteiger partial charge in [-0.1, -0.05) is 24.3 Å². The predicted molar refractivity (Wildman–Crippen MR) is 87.6 cm³/mol. The van der Waals surface area contributed by atoms with Crippen molar-refractivity contribution in [3.8, 4) is 0 Å². The van der Waals surface area contributed by atoms with Crippen LogP contribution in [0.25, 0.3) is 0 Å². The molecule has 2 N–H and O–H groups in total. The van der Waals surface area contributed by atoms with Crippen molar-refractivity contribution in [2.45, 2.75) is 13.5 Å². The fourth-order valence-corrected chi connectivity index (χ4v) is 1.83. The summed E-state index contributed by atoms with van der Waals surface area (Å²) in [5, 5.41) is 7.45. The van der Waals surface area contributed by atoms with E-state index in [0.717, 1.165) is 11.1 Å². The van der Waals surface area contributed by atoms with Crippen molar-refractivity contribution in [1.29, 1.82) is 0 Å². The van der Waals surface area contributed by atoms with Gasteiger partial charge >= 0.3 is 0 Å². The summed E-state index contributed by atoms with van der Waals surface area (Å²) in [4.78, 5) is 0. The molecule has 3 nitrogen and oxygen atoms in total. The van der Waals surface area contributed by atoms with Crippen LogP contribution >= 0.6 is 12.2 Å². The summed E-state index contributed by atoms with van der Waals surface area (Å²) in [6, 6.07) is 12.2. The fraction of sp³-hybridized carbons (Fsp3) is 0.125. The molecule has 0 unspecified atom stereocenters. The Labute approximate surface area is 133 Å². The second-order valence-electron chi connectivity index (χ2n) is 4.63. The van der Waals surface area contributed by atoms with E-state index >= 15 is 0 Å². The number of halogens is 2. The maximum atomic E-state index is 12.8. The van der Waals surface area contributed by atoms with Crippen LogP contribution < -0.4 is 10.7 Å². The minimum Gasteiger partial charge on any atom is -0.357 e. The summed E-state index contributed by atoms with van der Waals surface area (Å²) in [6.45, 7) is 2.26. The van der Waals surface area contributed by atoms with Gasteiger partial charge in [0.15, 0.2) is 5.11 Å². The normalized spacial score (nSPS) is 11.1. The van der Waals surface area contributed by atoms with Crippen LogP contribution in [0.4, 0.5) is 8.78 Å². The van der Waals surface area contributed by atoms with Crippen molar-refractivity contribution >= 4 is 23.0 Å². The number of thiocarbonyl (C=S) groups is 1. The lowest BCUT2D eigenvalue weighted by molar-refractivity contribution is 0.626. The van der Waals surface area contributed by atoms with Crippen LogP contribution in [-0.4, -0.2) is 10.8 Å². The summed E-state index contributed by atoms with van der Waals surface area (Å²) >= 11 is 5.10. The molecule has 6 heteroatoms. The third-order valence-electron chi connectivity index (χ3n) is 2.95. The van der Waals surface area contributed by atoms with Gasteiger partial charge in [-0.05, 0) is 54.5 Å². The van der Waals surface area contributed by atoms with E-state index in [-0.39, 0.29) is 11.6 Å². The van der Waals surface area contributed by atoms with Crippen LogP contribution in [0.3, 0.4) is 0 Å². The zero-order valence-electron chi connectivity index (χ0n) is 11.9. The minimum absolute atomic E-state index is 0.274. The van der Waals surface area contributed by atoms with E-state index < -0.39 is 0 Å². The second kappa shape index (κ2) is 7.61. The minimum atomic E-state index is -0.291. The van der Waals surface area contributed by atoms with E-state index in [1.165, 1.54) is 24.3 Å². The quantitative estimate of drug-likeness (QED) is 0.515. The molecule has 0 aromatic heterocycles. The Hall–Kier alpha value is -2.34. The molecule has 2 aromatic carbocycles. The van der Waals surface area contributed by atoms with E-state index in [9.17, 15) is 8.78 Å². The van der Waals surface area contributed by atoms with Crippen molar-refractivity contribution in [2.75, 3.05) is 0 Å². The highest BCUT2D eigenvalue weighted by atomic mass is 32.1. The highest BCUT2D eigenvalue weighted by Gasteiger charge is 2.00. The molecule has 0 aliphatic carbocycles. The van der Waals surface area contributed by atoms with Crippen molar-refractivity contribution in [1.82, 2.24) is 10.7 Å². The van der Waals surface area contributed by atoms with Gasteiger partial charge in [0.1, 0.15) is 11.6 Å². The maximum Gasteiger partial charge on any atom is 0.187 e. The van der Waals surface area contributed by atoms with Gasteiger partial charge in [-0.25, -0.2) is 8.78 Å². The van der Waals surface area contributed by atoms with Crippen LogP contribution in [-0.2, 0) is 6.54 Å². The molecule has 0 radical (unpaired) electrons. The van der Waals surface area contributed by atoms with Gasteiger partial charge in [0.2, 0.25) is 0 Å². The van der Waals surface area contributed by atoms with Crippen LogP contribution in [0, 0.1) is 11.6 Å². The molecule has 0 aliphatic rings. The molecular formula is C16H15F2N3S. The first-order valence-corrected chi connectivity index (χ1v) is 7.04. The molecule has 0 aliphatic heterocycles. The fourth-order valence-electron chi connectivity index (χ4n) is 1.71. The average Bonchev–Trinajstić information content (AvgIpc) is 2.52. The summed E-state index contributed by atoms with van der Waals surface area (Å²) in [5.74, 6) is -0.565. The lowest BCUT2D eigenvalue weighted by Gasteiger charge is -2.08. The highest BCUT2D eigenvalue weighted by Crippen LogP contribution is 2.04. The van der Waals surface area contributed by atoms with Gasteiger partial charge in [-0.3, -0.25) is 5.43 Å². The van der Waals surface area contributed by atoms with Gasteiger partial charge in [0.25, 0.3) is 0 Å². The van der Waals surface area contributed by atoms with Crippen molar-refractivity contribution < 1.29 is 8.78 Å². The predicted octanol–water partition coefficient (Wildman–Crippen LogP) is 3.35. The van der Waals surface area contributed by atoms with Crippen LogP contribution in [0.2, 0.25) is 0 Å². The highest BCUT2D eigenvalue weighted by molar-refractivity contribution is 7.80. The summed E-state index contributed by atoms with van der Waals surface area (Å²) in [6.07, 6.45) is 0. The number of hydrogen-bond acceptors (Lipinski definition) is 2. The van der Waals surface area contributed by atoms with Gasteiger partial charge < -0.3 is 5.32 Å². The van der Waals surface area contributed by atoms with Gasteiger partial charge in [-0.15, -0.1) is 0 Å². The molecule has 0 amide bonds. The van der Waals surface area contributed by atoms with Gasteiger partial charge in [0.05, 0.1) is 5.71 Å². The standard InChI is InChI=1S/C16H15F2N3S/c1-11(13-4-8-15(18)9-5-13)20-21-16(22)19-10-12-2-6-14(17)7-3-12/h2-9H,10H2,1H3,(H2,19,21,22)/b20-11-. The number of nitrogens with zero attached hydrogens (tertiary/aromatic N) is 1. The topological polar surface area (TPSA) is 36.4 Å². The maximum absolute atomic E-state index is 12.8. The Morgan fingerprint density at radius 3 is 2.14 bits per heavy atom. The first-order chi connectivity index (χ1) is 10.5. The number of hydrogen-bond donors (Lipinski definition) is 2. The summed E-state index contributed by atoms with van der Waals surface area (Å²) < 4.78 is 25.6. The molecule has 0 spiro atoms. The molecule has 0 saturated heterocycles. The second-order valence-corrected chi connectivity index (χ2v) is 5.03. The van der Waals surface area contributed by atoms with E-state index in [4.69, 9.17) is 12.2 Å². The largest absolute Gasteiger partial charge is 0.357 e. The zero-order valence-corrected chi connectivity index (χ0v) is 12.8. The zero-order chi connectivity index (χ0) is 15.9. The summed E-state index contributed by atoms with van der Waals surface area (Å²) in [5.41, 5.74) is 5.11. The first-order valence-electron chi connectivity index (χ1n) is 6.63. The monoisotopic (exact) mass is 319 g/mol. The average molecular weight is 319 g/mol. The third kappa shape index (κ3) is 4.89. The lowest BCUT2D eigenvalue weighted by Crippen LogP contribution is -2.32. The van der Waals surface area contributed by atoms with E-state index in [0.29, 0.717) is 17.4 Å². The van der Waals surface area contributed by atoms with Crippen molar-refractivity contribution in [2.24, 2.45) is 5.10 Å². The third-order valence-corrected chi connectivity index (χ3v) is 3.19. The number of rotatable bonds is 4. The smallest absolute Gasteiger partial charge is 0.187 e. The molecule has 2 aromatic rings. The number of benzene rings is 2. The Balaban J connectivity index is 1.85. The first kappa shape index (κ1) is 16.0. The van der Waals surface area contributed by atoms with Crippen LogP contribution in [0.1, 0.15) is 18.1 Å². The molecular weight excluding hydrogens is 304 g/mol. The molecule has 0 saturated carbocycles. The molecule has 0 bridgehead atoms. The molecule has 0 fully saturated rings. The lowest BCUT2D eigenvalue weighted by atomic mass is 10.1. The SMILES string of the molecule is C/C(=N/NC(=S)NCc1ccc(F)cc1)c1ccc(F)cc1. The Bertz CT molecular complexity index is 667. The molecule has 0 atom stereocenters. The van der Waals surface area contributed by atoms with Crippen molar-refractivity contribution in [3.05, 3.63) is 71.3 Å². The Morgan fingerprint density at radius 1 is 1.00 bits per heavy atom.